The Morgan fingerprint density at radius 3 is 2.55 bits per heavy atom. The molecule has 0 saturated heterocycles. The Hall–Kier alpha value is -2.39. The van der Waals surface area contributed by atoms with Crippen LogP contribution in [0.5, 0.6) is 0 Å². The highest BCUT2D eigenvalue weighted by Crippen LogP contribution is 2.33. The molecular formula is C16H15FN2O2S. The van der Waals surface area contributed by atoms with E-state index >= 15 is 0 Å². The number of anilines is 1. The van der Waals surface area contributed by atoms with Gasteiger partial charge in [-0.1, -0.05) is 6.07 Å². The lowest BCUT2D eigenvalue weighted by molar-refractivity contribution is 0.0697. The smallest absolute Gasteiger partial charge is 0.348 e. The fourth-order valence-corrected chi connectivity index (χ4v) is 3.15. The molecule has 0 fully saturated rings. The highest BCUT2D eigenvalue weighted by atomic mass is 32.1. The summed E-state index contributed by atoms with van der Waals surface area (Å²) in [7, 11) is 0. The molecule has 0 amide bonds. The van der Waals surface area contributed by atoms with Crippen molar-refractivity contribution in [1.29, 1.82) is 5.26 Å². The number of nitrogens with zero attached hydrogens (tertiary/aromatic N) is 2. The Labute approximate surface area is 132 Å². The van der Waals surface area contributed by atoms with Crippen LogP contribution >= 0.6 is 11.3 Å². The van der Waals surface area contributed by atoms with Crippen LogP contribution in [0.4, 0.5) is 10.1 Å². The number of nitriles is 1. The standard InChI is InChI=1S/C16H15FN2O2S/c1-3-19(4-2)13-6-5-10(7-11(13)9-18)14-8-12(17)15(22-14)16(20)21/h5-8H,3-4H2,1-2H3,(H,20,21). The van der Waals surface area contributed by atoms with Crippen molar-refractivity contribution in [1.82, 2.24) is 0 Å². The van der Waals surface area contributed by atoms with E-state index in [1.807, 2.05) is 19.9 Å². The summed E-state index contributed by atoms with van der Waals surface area (Å²) in [6.45, 7) is 5.57. The maximum Gasteiger partial charge on any atom is 0.348 e. The minimum absolute atomic E-state index is 0.318. The first-order chi connectivity index (χ1) is 10.5. The van der Waals surface area contributed by atoms with Gasteiger partial charge in [0.25, 0.3) is 0 Å². The largest absolute Gasteiger partial charge is 0.477 e. The van der Waals surface area contributed by atoms with Crippen LogP contribution in [0.15, 0.2) is 24.3 Å². The quantitative estimate of drug-likeness (QED) is 0.906. The van der Waals surface area contributed by atoms with Crippen LogP contribution < -0.4 is 4.90 Å². The van der Waals surface area contributed by atoms with Crippen molar-refractivity contribution in [3.8, 4) is 16.5 Å². The molecule has 1 heterocycles. The van der Waals surface area contributed by atoms with Gasteiger partial charge < -0.3 is 10.0 Å². The maximum absolute atomic E-state index is 13.6. The van der Waals surface area contributed by atoms with E-state index in [0.717, 1.165) is 30.1 Å². The highest BCUT2D eigenvalue weighted by Gasteiger charge is 2.17. The fraction of sp³-hybridized carbons (Fsp3) is 0.250. The lowest BCUT2D eigenvalue weighted by Crippen LogP contribution is -2.22. The summed E-state index contributed by atoms with van der Waals surface area (Å²) in [4.78, 5) is 13.2. The number of hydrogen-bond donors (Lipinski definition) is 1. The van der Waals surface area contributed by atoms with Gasteiger partial charge in [-0.25, -0.2) is 9.18 Å². The van der Waals surface area contributed by atoms with Gasteiger partial charge in [-0.15, -0.1) is 11.3 Å². The number of thiophene rings is 1. The molecule has 0 aliphatic rings. The second-order valence-electron chi connectivity index (χ2n) is 4.61. The van der Waals surface area contributed by atoms with E-state index in [1.54, 1.807) is 12.1 Å². The van der Waals surface area contributed by atoms with Crippen molar-refractivity contribution < 1.29 is 14.3 Å². The minimum atomic E-state index is -1.28. The molecular weight excluding hydrogens is 303 g/mol. The Kier molecular flexibility index (Phi) is 4.78. The van der Waals surface area contributed by atoms with Crippen LogP contribution in [0.2, 0.25) is 0 Å². The van der Waals surface area contributed by atoms with Crippen LogP contribution in [0.1, 0.15) is 29.1 Å². The zero-order valence-electron chi connectivity index (χ0n) is 12.3. The third-order valence-corrected chi connectivity index (χ3v) is 4.53. The van der Waals surface area contributed by atoms with E-state index in [9.17, 15) is 14.4 Å². The average Bonchev–Trinajstić information content (AvgIpc) is 2.91. The predicted molar refractivity (Wildman–Crippen MR) is 84.9 cm³/mol. The van der Waals surface area contributed by atoms with Gasteiger partial charge in [-0.3, -0.25) is 0 Å². The number of halogens is 1. The Balaban J connectivity index is 2.48. The number of carbonyl (C=O) groups is 1. The summed E-state index contributed by atoms with van der Waals surface area (Å²) in [6.07, 6.45) is 0. The summed E-state index contributed by atoms with van der Waals surface area (Å²) >= 11 is 0.868. The van der Waals surface area contributed by atoms with E-state index in [0.29, 0.717) is 16.0 Å². The molecule has 1 aromatic heterocycles. The zero-order valence-corrected chi connectivity index (χ0v) is 13.1. The fourth-order valence-electron chi connectivity index (χ4n) is 2.28. The molecule has 0 bridgehead atoms. The van der Waals surface area contributed by atoms with Crippen molar-refractivity contribution in [2.24, 2.45) is 0 Å². The Morgan fingerprint density at radius 1 is 1.36 bits per heavy atom. The van der Waals surface area contributed by atoms with E-state index in [-0.39, 0.29) is 4.88 Å². The van der Waals surface area contributed by atoms with Crippen molar-refractivity contribution >= 4 is 23.0 Å². The maximum atomic E-state index is 13.6. The molecule has 0 aliphatic carbocycles. The topological polar surface area (TPSA) is 64.3 Å². The molecule has 4 nitrogen and oxygen atoms in total. The van der Waals surface area contributed by atoms with Crippen molar-refractivity contribution in [3.63, 3.8) is 0 Å². The number of rotatable bonds is 5. The van der Waals surface area contributed by atoms with Gasteiger partial charge in [-0.2, -0.15) is 5.26 Å². The van der Waals surface area contributed by atoms with Gasteiger partial charge in [0.05, 0.1) is 11.3 Å². The zero-order chi connectivity index (χ0) is 16.3. The first-order valence-corrected chi connectivity index (χ1v) is 7.65. The Morgan fingerprint density at radius 2 is 2.05 bits per heavy atom. The molecule has 2 aromatic rings. The third kappa shape index (κ3) is 2.95. The van der Waals surface area contributed by atoms with Crippen molar-refractivity contribution in [3.05, 3.63) is 40.5 Å². The van der Waals surface area contributed by atoms with Gasteiger partial charge >= 0.3 is 5.97 Å². The van der Waals surface area contributed by atoms with E-state index in [4.69, 9.17) is 5.11 Å². The predicted octanol–water partition coefficient (Wildman–Crippen LogP) is 3.97. The number of hydrogen-bond acceptors (Lipinski definition) is 4. The third-order valence-electron chi connectivity index (χ3n) is 3.39. The first-order valence-electron chi connectivity index (χ1n) is 6.83. The SMILES string of the molecule is CCN(CC)c1ccc(-c2cc(F)c(C(=O)O)s2)cc1C#N. The second kappa shape index (κ2) is 6.58. The van der Waals surface area contributed by atoms with Crippen LogP contribution in [0.3, 0.4) is 0 Å². The Bertz CT molecular complexity index is 745. The molecule has 0 unspecified atom stereocenters. The number of aromatic carboxylic acids is 1. The molecule has 0 saturated carbocycles. The molecule has 0 radical (unpaired) electrons. The van der Waals surface area contributed by atoms with Gasteiger partial charge in [0.1, 0.15) is 16.8 Å². The lowest BCUT2D eigenvalue weighted by Gasteiger charge is -2.22. The highest BCUT2D eigenvalue weighted by molar-refractivity contribution is 7.17. The molecule has 1 N–H and O–H groups in total. The van der Waals surface area contributed by atoms with Gasteiger partial charge in [-0.05, 0) is 37.6 Å². The number of carboxylic acid groups (broad SMARTS) is 1. The van der Waals surface area contributed by atoms with Crippen molar-refractivity contribution in [2.75, 3.05) is 18.0 Å². The van der Waals surface area contributed by atoms with Crippen LogP contribution in [-0.4, -0.2) is 24.2 Å². The summed E-state index contributed by atoms with van der Waals surface area (Å²) < 4.78 is 13.6. The number of benzene rings is 1. The molecule has 0 spiro atoms. The van der Waals surface area contributed by atoms with Gasteiger partial charge in [0.15, 0.2) is 0 Å². The van der Waals surface area contributed by atoms with Gasteiger partial charge in [0.2, 0.25) is 0 Å². The van der Waals surface area contributed by atoms with Crippen molar-refractivity contribution in [2.45, 2.75) is 13.8 Å². The summed E-state index contributed by atoms with van der Waals surface area (Å²) in [5, 5.41) is 18.3. The molecule has 2 rings (SSSR count). The minimum Gasteiger partial charge on any atom is -0.477 e. The molecule has 1 aromatic carbocycles. The normalized spacial score (nSPS) is 10.3. The summed E-state index contributed by atoms with van der Waals surface area (Å²) in [6, 6.07) is 8.62. The summed E-state index contributed by atoms with van der Waals surface area (Å²) in [5.41, 5.74) is 1.96. The van der Waals surface area contributed by atoms with Crippen LogP contribution in [0.25, 0.3) is 10.4 Å². The van der Waals surface area contributed by atoms with Crippen LogP contribution in [-0.2, 0) is 0 Å². The molecule has 22 heavy (non-hydrogen) atoms. The molecule has 6 heteroatoms. The average molecular weight is 318 g/mol. The summed E-state index contributed by atoms with van der Waals surface area (Å²) in [5.74, 6) is -2.03. The van der Waals surface area contributed by atoms with E-state index < -0.39 is 11.8 Å². The lowest BCUT2D eigenvalue weighted by atomic mass is 10.1. The molecule has 0 aliphatic heterocycles. The monoisotopic (exact) mass is 318 g/mol. The van der Waals surface area contributed by atoms with Crippen LogP contribution in [0, 0.1) is 17.1 Å². The molecule has 0 atom stereocenters. The van der Waals surface area contributed by atoms with E-state index in [2.05, 4.69) is 11.0 Å². The van der Waals surface area contributed by atoms with E-state index in [1.165, 1.54) is 6.07 Å². The van der Waals surface area contributed by atoms with Gasteiger partial charge in [0, 0.05) is 18.0 Å². The first kappa shape index (κ1) is 16.0. The molecule has 114 valence electrons. The number of carboxylic acids is 1. The second-order valence-corrected chi connectivity index (χ2v) is 5.66.